The summed E-state index contributed by atoms with van der Waals surface area (Å²) in [4.78, 5) is 0. The van der Waals surface area contributed by atoms with Crippen LogP contribution in [0.15, 0.2) is 45.3 Å². The molecule has 5 heteroatoms. The molecule has 1 atom stereocenters. The molecule has 1 nitrogen and oxygen atoms in total. The summed E-state index contributed by atoms with van der Waals surface area (Å²) in [6.07, 6.45) is -0.707. The van der Waals surface area contributed by atoms with Gasteiger partial charge in [-0.1, -0.05) is 49.5 Å². The molecule has 2 aromatic rings. The lowest BCUT2D eigenvalue weighted by molar-refractivity contribution is 0.176. The Bertz CT molecular complexity index is 584. The molecule has 0 aromatic heterocycles. The van der Waals surface area contributed by atoms with Crippen LogP contribution < -0.4 is 0 Å². The van der Waals surface area contributed by atoms with Crippen molar-refractivity contribution in [1.82, 2.24) is 0 Å². The largest absolute Gasteiger partial charge is 0.388 e. The first-order valence-electron chi connectivity index (χ1n) is 5.55. The number of hydrogen-bond donors (Lipinski definition) is 1. The Balaban J connectivity index is 2.31. The van der Waals surface area contributed by atoms with Gasteiger partial charge in [0.1, 0.15) is 5.82 Å². The van der Waals surface area contributed by atoms with Gasteiger partial charge in [-0.05, 0) is 35.9 Å². The van der Waals surface area contributed by atoms with Crippen LogP contribution in [-0.4, -0.2) is 5.11 Å². The van der Waals surface area contributed by atoms with Gasteiger partial charge < -0.3 is 5.11 Å². The molecule has 19 heavy (non-hydrogen) atoms. The SMILES string of the molecule is OC(Cc1c(F)cccc1Cl)c1cc(Br)ccc1Br. The van der Waals surface area contributed by atoms with Crippen molar-refractivity contribution in [3.05, 3.63) is 67.3 Å². The molecule has 0 aliphatic rings. The van der Waals surface area contributed by atoms with Crippen LogP contribution in [0.25, 0.3) is 0 Å². The van der Waals surface area contributed by atoms with Gasteiger partial charge in [0.05, 0.1) is 6.10 Å². The van der Waals surface area contributed by atoms with Crippen molar-refractivity contribution in [2.75, 3.05) is 0 Å². The van der Waals surface area contributed by atoms with Crippen LogP contribution in [0.4, 0.5) is 4.39 Å². The number of aliphatic hydroxyl groups is 1. The van der Waals surface area contributed by atoms with E-state index in [-0.39, 0.29) is 6.42 Å². The Morgan fingerprint density at radius 1 is 1.21 bits per heavy atom. The fourth-order valence-electron chi connectivity index (χ4n) is 1.80. The van der Waals surface area contributed by atoms with Crippen molar-refractivity contribution >= 4 is 43.5 Å². The molecular weight excluding hydrogens is 398 g/mol. The molecule has 0 aliphatic carbocycles. The molecule has 0 fully saturated rings. The monoisotopic (exact) mass is 406 g/mol. The van der Waals surface area contributed by atoms with Gasteiger partial charge in [0.2, 0.25) is 0 Å². The second-order valence-corrected chi connectivity index (χ2v) is 6.26. The van der Waals surface area contributed by atoms with E-state index in [0.29, 0.717) is 16.1 Å². The summed E-state index contributed by atoms with van der Waals surface area (Å²) in [5, 5.41) is 10.6. The highest BCUT2D eigenvalue weighted by atomic mass is 79.9. The van der Waals surface area contributed by atoms with Gasteiger partial charge in [-0.25, -0.2) is 4.39 Å². The maximum atomic E-state index is 13.7. The predicted octanol–water partition coefficient (Wildman–Crippen LogP) is 5.28. The van der Waals surface area contributed by atoms with Crippen LogP contribution in [0.2, 0.25) is 5.02 Å². The molecule has 2 rings (SSSR count). The van der Waals surface area contributed by atoms with E-state index in [4.69, 9.17) is 11.6 Å². The van der Waals surface area contributed by atoms with E-state index in [9.17, 15) is 9.50 Å². The van der Waals surface area contributed by atoms with Crippen LogP contribution >= 0.6 is 43.5 Å². The van der Waals surface area contributed by atoms with Gasteiger partial charge in [0.25, 0.3) is 0 Å². The standard InChI is InChI=1S/C14H10Br2ClFO/c15-8-4-5-11(16)9(6-8)14(19)7-10-12(17)2-1-3-13(10)18/h1-6,14,19H,7H2. The zero-order valence-corrected chi connectivity index (χ0v) is 13.6. The number of hydrogen-bond acceptors (Lipinski definition) is 1. The van der Waals surface area contributed by atoms with Crippen LogP contribution in [0.5, 0.6) is 0 Å². The molecule has 1 N–H and O–H groups in total. The molecule has 0 bridgehead atoms. The Morgan fingerprint density at radius 2 is 1.95 bits per heavy atom. The second-order valence-electron chi connectivity index (χ2n) is 4.09. The maximum absolute atomic E-state index is 13.7. The Kier molecular flexibility index (Phi) is 5.01. The first kappa shape index (κ1) is 15.0. The minimum atomic E-state index is -0.832. The van der Waals surface area contributed by atoms with E-state index < -0.39 is 11.9 Å². The van der Waals surface area contributed by atoms with Crippen LogP contribution in [-0.2, 0) is 6.42 Å². The third-order valence-electron chi connectivity index (χ3n) is 2.78. The van der Waals surface area contributed by atoms with Crippen molar-refractivity contribution in [2.24, 2.45) is 0 Å². The fraction of sp³-hybridized carbons (Fsp3) is 0.143. The van der Waals surface area contributed by atoms with Gasteiger partial charge in [0, 0.05) is 26.0 Å². The zero-order valence-electron chi connectivity index (χ0n) is 9.71. The predicted molar refractivity (Wildman–Crippen MR) is 81.9 cm³/mol. The third kappa shape index (κ3) is 3.57. The quantitative estimate of drug-likeness (QED) is 0.733. The Labute approximate surface area is 132 Å². The highest BCUT2D eigenvalue weighted by molar-refractivity contribution is 9.11. The summed E-state index contributed by atoms with van der Waals surface area (Å²) in [6, 6.07) is 9.97. The lowest BCUT2D eigenvalue weighted by Crippen LogP contribution is -2.05. The maximum Gasteiger partial charge on any atom is 0.127 e. The summed E-state index contributed by atoms with van der Waals surface area (Å²) >= 11 is 12.7. The Hall–Kier alpha value is -0.420. The summed E-state index contributed by atoms with van der Waals surface area (Å²) in [5.41, 5.74) is 1.01. The molecule has 0 amide bonds. The zero-order chi connectivity index (χ0) is 14.0. The fourth-order valence-corrected chi connectivity index (χ4v) is 2.93. The number of halogens is 4. The lowest BCUT2D eigenvalue weighted by Gasteiger charge is -2.15. The Morgan fingerprint density at radius 3 is 2.63 bits per heavy atom. The van der Waals surface area contributed by atoms with Crippen molar-refractivity contribution in [2.45, 2.75) is 12.5 Å². The smallest absolute Gasteiger partial charge is 0.127 e. The highest BCUT2D eigenvalue weighted by Gasteiger charge is 2.16. The molecule has 0 spiro atoms. The van der Waals surface area contributed by atoms with E-state index in [0.717, 1.165) is 8.95 Å². The molecule has 2 aromatic carbocycles. The molecule has 0 saturated carbocycles. The van der Waals surface area contributed by atoms with E-state index >= 15 is 0 Å². The van der Waals surface area contributed by atoms with Crippen LogP contribution in [0, 0.1) is 5.82 Å². The normalized spacial score (nSPS) is 12.5. The van der Waals surface area contributed by atoms with Gasteiger partial charge in [-0.3, -0.25) is 0 Å². The molecule has 0 radical (unpaired) electrons. The summed E-state index contributed by atoms with van der Waals surface area (Å²) in [7, 11) is 0. The van der Waals surface area contributed by atoms with Crippen molar-refractivity contribution in [1.29, 1.82) is 0 Å². The van der Waals surface area contributed by atoms with Crippen molar-refractivity contribution in [3.63, 3.8) is 0 Å². The molecule has 0 heterocycles. The van der Waals surface area contributed by atoms with Crippen molar-refractivity contribution in [3.8, 4) is 0 Å². The van der Waals surface area contributed by atoms with E-state index in [1.165, 1.54) is 6.07 Å². The highest BCUT2D eigenvalue weighted by Crippen LogP contribution is 2.31. The van der Waals surface area contributed by atoms with E-state index in [2.05, 4.69) is 31.9 Å². The summed E-state index contributed by atoms with van der Waals surface area (Å²) in [5.74, 6) is -0.405. The average Bonchev–Trinajstić information content (AvgIpc) is 2.37. The minimum absolute atomic E-state index is 0.126. The third-order valence-corrected chi connectivity index (χ3v) is 4.35. The topological polar surface area (TPSA) is 20.2 Å². The second kappa shape index (κ2) is 6.35. The number of benzene rings is 2. The first-order valence-corrected chi connectivity index (χ1v) is 7.51. The van der Waals surface area contributed by atoms with E-state index in [1.807, 2.05) is 12.1 Å². The molecule has 100 valence electrons. The van der Waals surface area contributed by atoms with E-state index in [1.54, 1.807) is 18.2 Å². The van der Waals surface area contributed by atoms with Gasteiger partial charge >= 0.3 is 0 Å². The lowest BCUT2D eigenvalue weighted by atomic mass is 10.0. The molecule has 0 saturated heterocycles. The van der Waals surface area contributed by atoms with Gasteiger partial charge in [-0.15, -0.1) is 0 Å². The molecule has 1 unspecified atom stereocenters. The summed E-state index contributed by atoms with van der Waals surface area (Å²) in [6.45, 7) is 0. The van der Waals surface area contributed by atoms with Gasteiger partial charge in [-0.2, -0.15) is 0 Å². The number of rotatable bonds is 3. The minimum Gasteiger partial charge on any atom is -0.388 e. The average molecular weight is 408 g/mol. The van der Waals surface area contributed by atoms with Crippen LogP contribution in [0.1, 0.15) is 17.2 Å². The molecular formula is C14H10Br2ClFO. The van der Waals surface area contributed by atoms with Crippen molar-refractivity contribution < 1.29 is 9.50 Å². The van der Waals surface area contributed by atoms with Gasteiger partial charge in [0.15, 0.2) is 0 Å². The van der Waals surface area contributed by atoms with Crippen LogP contribution in [0.3, 0.4) is 0 Å². The summed E-state index contributed by atoms with van der Waals surface area (Å²) < 4.78 is 15.3. The first-order chi connectivity index (χ1) is 8.99. The number of aliphatic hydroxyl groups excluding tert-OH is 1. The molecule has 0 aliphatic heterocycles.